The molecule has 0 aliphatic rings. The molecule has 0 atom stereocenters. The summed E-state index contributed by atoms with van der Waals surface area (Å²) in [6, 6.07) is 11.4. The van der Waals surface area contributed by atoms with Crippen LogP contribution in [0.1, 0.15) is 33.1 Å². The van der Waals surface area contributed by atoms with Gasteiger partial charge in [0.05, 0.1) is 28.1 Å². The maximum absolute atomic E-state index is 13.1. The van der Waals surface area contributed by atoms with E-state index in [2.05, 4.69) is 29.2 Å². The lowest BCUT2D eigenvalue weighted by Crippen LogP contribution is -2.30. The Balaban J connectivity index is 1.79. The van der Waals surface area contributed by atoms with Gasteiger partial charge in [-0.25, -0.2) is 4.98 Å². The van der Waals surface area contributed by atoms with Crippen molar-refractivity contribution in [3.05, 3.63) is 70.9 Å². The van der Waals surface area contributed by atoms with E-state index in [0.717, 1.165) is 21.5 Å². The number of fused-ring (bicyclic) bond motifs is 1. The fourth-order valence-corrected chi connectivity index (χ4v) is 4.09. The fourth-order valence-electron chi connectivity index (χ4n) is 2.95. The van der Waals surface area contributed by atoms with Crippen LogP contribution in [0.3, 0.4) is 0 Å². The van der Waals surface area contributed by atoms with Crippen LogP contribution in [0.15, 0.2) is 47.1 Å². The summed E-state index contributed by atoms with van der Waals surface area (Å²) in [5.41, 5.74) is 4.60. The molecule has 0 radical (unpaired) electrons. The fraction of sp³-hybridized carbons (Fsp3) is 0.200. The van der Waals surface area contributed by atoms with Crippen LogP contribution in [0.4, 0.5) is 5.13 Å². The first kappa shape index (κ1) is 17.4. The lowest BCUT2D eigenvalue weighted by molar-refractivity contribution is 0.0949. The number of nitrogens with zero attached hydrogens (tertiary/aromatic N) is 4. The second-order valence-electron chi connectivity index (χ2n) is 6.47. The highest BCUT2D eigenvalue weighted by Gasteiger charge is 2.25. The molecule has 0 aliphatic heterocycles. The number of aromatic nitrogens is 3. The Labute approximate surface area is 160 Å². The van der Waals surface area contributed by atoms with Crippen LogP contribution in [-0.4, -0.2) is 21.0 Å². The molecule has 0 unspecified atom stereocenters. The average Bonchev–Trinajstić information content (AvgIpc) is 3.26. The lowest BCUT2D eigenvalue weighted by Gasteiger charge is -2.17. The van der Waals surface area contributed by atoms with E-state index in [0.29, 0.717) is 17.4 Å². The van der Waals surface area contributed by atoms with Crippen molar-refractivity contribution in [1.82, 2.24) is 15.1 Å². The van der Waals surface area contributed by atoms with Gasteiger partial charge >= 0.3 is 0 Å². The third-order valence-corrected chi connectivity index (χ3v) is 5.20. The largest absolute Gasteiger partial charge is 0.351 e. The maximum atomic E-state index is 13.1. The molecule has 0 N–H and O–H groups in total. The molecule has 0 aliphatic carbocycles. The Kier molecular flexibility index (Phi) is 4.45. The van der Waals surface area contributed by atoms with Crippen molar-refractivity contribution in [3.63, 3.8) is 0 Å². The van der Waals surface area contributed by atoms with E-state index in [4.69, 9.17) is 9.51 Å². The second-order valence-corrected chi connectivity index (χ2v) is 7.48. The van der Waals surface area contributed by atoms with Crippen molar-refractivity contribution < 1.29 is 9.32 Å². The number of hydrogen-bond acceptors (Lipinski definition) is 6. The van der Waals surface area contributed by atoms with Crippen LogP contribution in [-0.2, 0) is 6.54 Å². The van der Waals surface area contributed by atoms with Crippen LogP contribution < -0.4 is 4.90 Å². The number of thiazole rings is 1. The molecule has 0 saturated carbocycles. The molecule has 0 spiro atoms. The highest BCUT2D eigenvalue weighted by atomic mass is 32.1. The highest BCUT2D eigenvalue weighted by Crippen LogP contribution is 2.33. The van der Waals surface area contributed by atoms with E-state index in [1.807, 2.05) is 25.1 Å². The summed E-state index contributed by atoms with van der Waals surface area (Å²) in [6.45, 7) is 6.17. The van der Waals surface area contributed by atoms with Gasteiger partial charge in [0.15, 0.2) is 5.13 Å². The standard InChI is InChI=1S/C20H18N4O2S/c1-12-8-13(2)18-17(9-12)27-20(22-18)24(11-15-6-4-5-7-21-15)19(25)16-10-14(3)23-26-16/h4-10H,11H2,1-3H3. The first-order valence-electron chi connectivity index (χ1n) is 8.54. The van der Waals surface area contributed by atoms with Crippen LogP contribution >= 0.6 is 11.3 Å². The quantitative estimate of drug-likeness (QED) is 0.524. The Bertz CT molecular complexity index is 1120. The predicted octanol–water partition coefficient (Wildman–Crippen LogP) is 4.45. The van der Waals surface area contributed by atoms with E-state index >= 15 is 0 Å². The first-order chi connectivity index (χ1) is 13.0. The summed E-state index contributed by atoms with van der Waals surface area (Å²) >= 11 is 1.49. The number of aryl methyl sites for hydroxylation is 3. The van der Waals surface area contributed by atoms with Gasteiger partial charge in [-0.1, -0.05) is 28.6 Å². The number of rotatable bonds is 4. The summed E-state index contributed by atoms with van der Waals surface area (Å²) < 4.78 is 6.25. The van der Waals surface area contributed by atoms with Crippen LogP contribution in [0.2, 0.25) is 0 Å². The molecular formula is C20H18N4O2S. The van der Waals surface area contributed by atoms with Gasteiger partial charge in [0.25, 0.3) is 5.91 Å². The second kappa shape index (κ2) is 6.92. The molecule has 0 bridgehead atoms. The number of anilines is 1. The molecule has 0 saturated heterocycles. The molecule has 27 heavy (non-hydrogen) atoms. The van der Waals surface area contributed by atoms with Gasteiger partial charge < -0.3 is 4.52 Å². The van der Waals surface area contributed by atoms with E-state index in [-0.39, 0.29) is 11.7 Å². The zero-order valence-corrected chi connectivity index (χ0v) is 16.1. The first-order valence-corrected chi connectivity index (χ1v) is 9.36. The third-order valence-electron chi connectivity index (χ3n) is 4.18. The minimum absolute atomic E-state index is 0.190. The molecule has 1 aromatic carbocycles. The molecule has 6 nitrogen and oxygen atoms in total. The number of carbonyl (C=O) groups is 1. The van der Waals surface area contributed by atoms with Gasteiger partial charge in [-0.2, -0.15) is 0 Å². The van der Waals surface area contributed by atoms with Crippen LogP contribution in [0, 0.1) is 20.8 Å². The molecule has 136 valence electrons. The zero-order chi connectivity index (χ0) is 19.0. The topological polar surface area (TPSA) is 72.1 Å². The summed E-state index contributed by atoms with van der Waals surface area (Å²) in [4.78, 5) is 23.8. The smallest absolute Gasteiger partial charge is 0.299 e. The summed E-state index contributed by atoms with van der Waals surface area (Å²) in [6.07, 6.45) is 1.71. The van der Waals surface area contributed by atoms with Crippen molar-refractivity contribution in [1.29, 1.82) is 0 Å². The maximum Gasteiger partial charge on any atom is 0.299 e. The van der Waals surface area contributed by atoms with Gasteiger partial charge in [-0.05, 0) is 50.1 Å². The number of hydrogen-bond donors (Lipinski definition) is 0. The Morgan fingerprint density at radius 1 is 1.19 bits per heavy atom. The van der Waals surface area contributed by atoms with E-state index in [1.54, 1.807) is 24.1 Å². The van der Waals surface area contributed by atoms with E-state index in [9.17, 15) is 4.79 Å². The van der Waals surface area contributed by atoms with Crippen LogP contribution in [0.25, 0.3) is 10.2 Å². The van der Waals surface area contributed by atoms with Crippen molar-refractivity contribution in [2.45, 2.75) is 27.3 Å². The molecule has 4 aromatic rings. The molecule has 7 heteroatoms. The molecule has 3 aromatic heterocycles. The van der Waals surface area contributed by atoms with Crippen molar-refractivity contribution in [2.75, 3.05) is 4.90 Å². The minimum Gasteiger partial charge on any atom is -0.351 e. The van der Waals surface area contributed by atoms with Crippen LogP contribution in [0.5, 0.6) is 0 Å². The van der Waals surface area contributed by atoms with Gasteiger partial charge in [-0.3, -0.25) is 14.7 Å². The lowest BCUT2D eigenvalue weighted by atomic mass is 10.1. The number of benzene rings is 1. The predicted molar refractivity (Wildman–Crippen MR) is 105 cm³/mol. The van der Waals surface area contributed by atoms with Gasteiger partial charge in [0.1, 0.15) is 0 Å². The Morgan fingerprint density at radius 2 is 2.04 bits per heavy atom. The average molecular weight is 378 g/mol. The van der Waals surface area contributed by atoms with Gasteiger partial charge in [0, 0.05) is 12.3 Å². The van der Waals surface area contributed by atoms with Crippen molar-refractivity contribution in [2.24, 2.45) is 0 Å². The molecule has 0 fully saturated rings. The molecule has 3 heterocycles. The molecular weight excluding hydrogens is 360 g/mol. The molecule has 4 rings (SSSR count). The molecule has 1 amide bonds. The summed E-state index contributed by atoms with van der Waals surface area (Å²) in [5, 5.41) is 4.45. The highest BCUT2D eigenvalue weighted by molar-refractivity contribution is 7.22. The van der Waals surface area contributed by atoms with Gasteiger partial charge in [0.2, 0.25) is 5.76 Å². The van der Waals surface area contributed by atoms with Gasteiger partial charge in [-0.15, -0.1) is 0 Å². The summed E-state index contributed by atoms with van der Waals surface area (Å²) in [5.74, 6) is -0.0923. The third kappa shape index (κ3) is 3.46. The van der Waals surface area contributed by atoms with E-state index < -0.39 is 0 Å². The normalized spacial score (nSPS) is 11.1. The summed E-state index contributed by atoms with van der Waals surface area (Å²) in [7, 11) is 0. The SMILES string of the molecule is Cc1cc(C)c2nc(N(Cc3ccccn3)C(=O)c3cc(C)no3)sc2c1. The number of pyridine rings is 1. The Hall–Kier alpha value is -3.06. The zero-order valence-electron chi connectivity index (χ0n) is 15.3. The monoisotopic (exact) mass is 378 g/mol. The van der Waals surface area contributed by atoms with Crippen molar-refractivity contribution >= 4 is 32.6 Å². The van der Waals surface area contributed by atoms with E-state index in [1.165, 1.54) is 16.9 Å². The minimum atomic E-state index is -0.283. The Morgan fingerprint density at radius 3 is 2.74 bits per heavy atom. The number of carbonyl (C=O) groups excluding carboxylic acids is 1. The van der Waals surface area contributed by atoms with Crippen molar-refractivity contribution in [3.8, 4) is 0 Å². The number of amides is 1.